The molecule has 0 saturated carbocycles. The van der Waals surface area contributed by atoms with Gasteiger partial charge in [-0.3, -0.25) is 4.90 Å². The van der Waals surface area contributed by atoms with Crippen LogP contribution < -0.4 is 4.90 Å². The molecular formula is C16H18ClN3S. The Kier molecular flexibility index (Phi) is 3.61. The van der Waals surface area contributed by atoms with Crippen LogP contribution in [0.15, 0.2) is 29.6 Å². The SMILES string of the molecule is Clc1ccc(-c2csc(N3CCN4CCC[C@H]4C3)n2)cc1. The fourth-order valence-electron chi connectivity index (χ4n) is 3.33. The molecule has 0 amide bonds. The van der Waals surface area contributed by atoms with Gasteiger partial charge in [-0.2, -0.15) is 0 Å². The number of hydrogen-bond acceptors (Lipinski definition) is 4. The zero-order valence-electron chi connectivity index (χ0n) is 11.8. The standard InChI is InChI=1S/C16H18ClN3S/c17-13-5-3-12(4-6-13)15-11-21-16(18-15)20-9-8-19-7-1-2-14(19)10-20/h3-6,11,14H,1-2,7-10H2/t14-/m0/s1. The molecule has 1 atom stereocenters. The molecule has 1 aromatic heterocycles. The Morgan fingerprint density at radius 3 is 2.86 bits per heavy atom. The summed E-state index contributed by atoms with van der Waals surface area (Å²) in [4.78, 5) is 9.91. The van der Waals surface area contributed by atoms with Gasteiger partial charge < -0.3 is 4.90 Å². The van der Waals surface area contributed by atoms with Gasteiger partial charge in [0.15, 0.2) is 5.13 Å². The van der Waals surface area contributed by atoms with Crippen molar-refractivity contribution in [3.05, 3.63) is 34.7 Å². The monoisotopic (exact) mass is 319 g/mol. The summed E-state index contributed by atoms with van der Waals surface area (Å²) in [7, 11) is 0. The Hall–Kier alpha value is -1.10. The van der Waals surface area contributed by atoms with E-state index in [1.807, 2.05) is 24.3 Å². The Balaban J connectivity index is 1.53. The molecule has 1 aromatic carbocycles. The highest BCUT2D eigenvalue weighted by molar-refractivity contribution is 7.14. The zero-order valence-corrected chi connectivity index (χ0v) is 13.4. The van der Waals surface area contributed by atoms with Gasteiger partial charge in [0.2, 0.25) is 0 Å². The number of halogens is 1. The fourth-order valence-corrected chi connectivity index (χ4v) is 4.33. The van der Waals surface area contributed by atoms with Crippen molar-refractivity contribution in [1.82, 2.24) is 9.88 Å². The predicted octanol–water partition coefficient (Wildman–Crippen LogP) is 3.75. The molecule has 0 radical (unpaired) electrons. The number of piperazine rings is 1. The smallest absolute Gasteiger partial charge is 0.185 e. The maximum atomic E-state index is 5.95. The molecule has 110 valence electrons. The minimum Gasteiger partial charge on any atom is -0.345 e. The van der Waals surface area contributed by atoms with Gasteiger partial charge in [0.05, 0.1) is 5.69 Å². The van der Waals surface area contributed by atoms with Crippen molar-refractivity contribution >= 4 is 28.1 Å². The summed E-state index contributed by atoms with van der Waals surface area (Å²) < 4.78 is 0. The first-order chi connectivity index (χ1) is 10.3. The van der Waals surface area contributed by atoms with E-state index in [1.165, 1.54) is 25.9 Å². The van der Waals surface area contributed by atoms with E-state index in [9.17, 15) is 0 Å². The first-order valence-electron chi connectivity index (χ1n) is 7.50. The van der Waals surface area contributed by atoms with Gasteiger partial charge in [0.1, 0.15) is 0 Å². The summed E-state index contributed by atoms with van der Waals surface area (Å²) in [5.74, 6) is 0. The summed E-state index contributed by atoms with van der Waals surface area (Å²) in [5.41, 5.74) is 2.20. The third kappa shape index (κ3) is 2.68. The van der Waals surface area contributed by atoms with Crippen molar-refractivity contribution < 1.29 is 0 Å². The number of fused-ring (bicyclic) bond motifs is 1. The molecular weight excluding hydrogens is 302 g/mol. The van der Waals surface area contributed by atoms with Crippen LogP contribution in [-0.2, 0) is 0 Å². The first kappa shape index (κ1) is 13.6. The minimum absolute atomic E-state index is 0.738. The zero-order chi connectivity index (χ0) is 14.2. The summed E-state index contributed by atoms with van der Waals surface area (Å²) in [6.07, 6.45) is 2.69. The first-order valence-corrected chi connectivity index (χ1v) is 8.76. The quantitative estimate of drug-likeness (QED) is 0.840. The van der Waals surface area contributed by atoms with E-state index in [1.54, 1.807) is 11.3 Å². The number of anilines is 1. The summed E-state index contributed by atoms with van der Waals surface area (Å²) in [5, 5.41) is 4.08. The van der Waals surface area contributed by atoms with Gasteiger partial charge >= 0.3 is 0 Å². The van der Waals surface area contributed by atoms with Gasteiger partial charge in [0.25, 0.3) is 0 Å². The Labute approximate surface area is 134 Å². The van der Waals surface area contributed by atoms with Gasteiger partial charge in [-0.25, -0.2) is 4.98 Å². The molecule has 2 aliphatic rings. The van der Waals surface area contributed by atoms with E-state index in [-0.39, 0.29) is 0 Å². The summed E-state index contributed by atoms with van der Waals surface area (Å²) in [6.45, 7) is 4.70. The number of hydrogen-bond donors (Lipinski definition) is 0. The molecule has 2 fully saturated rings. The van der Waals surface area contributed by atoms with Crippen LogP contribution in [0, 0.1) is 0 Å². The van der Waals surface area contributed by atoms with E-state index < -0.39 is 0 Å². The maximum Gasteiger partial charge on any atom is 0.185 e. The van der Waals surface area contributed by atoms with E-state index in [0.717, 1.165) is 40.5 Å². The molecule has 4 rings (SSSR count). The third-order valence-electron chi connectivity index (χ3n) is 4.49. The fraction of sp³-hybridized carbons (Fsp3) is 0.438. The molecule has 3 heterocycles. The van der Waals surface area contributed by atoms with Crippen molar-refractivity contribution in [2.24, 2.45) is 0 Å². The van der Waals surface area contributed by atoms with Crippen LogP contribution in [0.2, 0.25) is 5.02 Å². The average Bonchev–Trinajstić information content (AvgIpc) is 3.16. The lowest BCUT2D eigenvalue weighted by molar-refractivity contribution is 0.231. The Morgan fingerprint density at radius 2 is 2.00 bits per heavy atom. The van der Waals surface area contributed by atoms with Crippen molar-refractivity contribution in [1.29, 1.82) is 0 Å². The Bertz CT molecular complexity index is 625. The van der Waals surface area contributed by atoms with Crippen molar-refractivity contribution in [2.45, 2.75) is 18.9 Å². The minimum atomic E-state index is 0.738. The van der Waals surface area contributed by atoms with Crippen LogP contribution in [0.25, 0.3) is 11.3 Å². The number of benzene rings is 1. The lowest BCUT2D eigenvalue weighted by Gasteiger charge is -2.37. The predicted molar refractivity (Wildman–Crippen MR) is 89.4 cm³/mol. The highest BCUT2D eigenvalue weighted by Gasteiger charge is 2.31. The molecule has 0 unspecified atom stereocenters. The lowest BCUT2D eigenvalue weighted by Crippen LogP contribution is -2.50. The lowest BCUT2D eigenvalue weighted by atomic mass is 10.1. The number of rotatable bonds is 2. The van der Waals surface area contributed by atoms with Gasteiger partial charge in [-0.1, -0.05) is 23.7 Å². The Morgan fingerprint density at radius 1 is 1.14 bits per heavy atom. The maximum absolute atomic E-state index is 5.95. The molecule has 2 aliphatic heterocycles. The molecule has 0 N–H and O–H groups in total. The van der Waals surface area contributed by atoms with Crippen molar-refractivity contribution in [3.63, 3.8) is 0 Å². The third-order valence-corrected chi connectivity index (χ3v) is 5.64. The second-order valence-electron chi connectivity index (χ2n) is 5.80. The molecule has 0 bridgehead atoms. The topological polar surface area (TPSA) is 19.4 Å². The second kappa shape index (κ2) is 5.59. The number of thiazole rings is 1. The molecule has 0 spiro atoms. The highest BCUT2D eigenvalue weighted by atomic mass is 35.5. The summed E-state index contributed by atoms with van der Waals surface area (Å²) >= 11 is 7.70. The molecule has 3 nitrogen and oxygen atoms in total. The van der Waals surface area contributed by atoms with Crippen LogP contribution >= 0.6 is 22.9 Å². The van der Waals surface area contributed by atoms with Crippen LogP contribution in [0.4, 0.5) is 5.13 Å². The van der Waals surface area contributed by atoms with Crippen LogP contribution in [0.3, 0.4) is 0 Å². The van der Waals surface area contributed by atoms with E-state index in [4.69, 9.17) is 16.6 Å². The van der Waals surface area contributed by atoms with E-state index in [2.05, 4.69) is 15.2 Å². The van der Waals surface area contributed by atoms with Crippen LogP contribution in [-0.4, -0.2) is 42.1 Å². The van der Waals surface area contributed by atoms with Crippen molar-refractivity contribution in [3.8, 4) is 11.3 Å². The summed E-state index contributed by atoms with van der Waals surface area (Å²) in [6, 6.07) is 8.66. The van der Waals surface area contributed by atoms with Crippen LogP contribution in [0.5, 0.6) is 0 Å². The highest BCUT2D eigenvalue weighted by Crippen LogP contribution is 2.31. The number of aromatic nitrogens is 1. The van der Waals surface area contributed by atoms with Crippen LogP contribution in [0.1, 0.15) is 12.8 Å². The van der Waals surface area contributed by atoms with Gasteiger partial charge in [-0.05, 0) is 31.5 Å². The molecule has 5 heteroatoms. The normalized spacial score (nSPS) is 22.5. The van der Waals surface area contributed by atoms with E-state index in [0.29, 0.717) is 0 Å². The molecule has 0 aliphatic carbocycles. The average molecular weight is 320 g/mol. The number of nitrogens with zero attached hydrogens (tertiary/aromatic N) is 3. The molecule has 2 saturated heterocycles. The molecule has 21 heavy (non-hydrogen) atoms. The second-order valence-corrected chi connectivity index (χ2v) is 7.07. The van der Waals surface area contributed by atoms with Gasteiger partial charge in [0, 0.05) is 41.6 Å². The van der Waals surface area contributed by atoms with E-state index >= 15 is 0 Å². The molecule has 2 aromatic rings. The largest absolute Gasteiger partial charge is 0.345 e. The van der Waals surface area contributed by atoms with Crippen molar-refractivity contribution in [2.75, 3.05) is 31.1 Å². The van der Waals surface area contributed by atoms with Gasteiger partial charge in [-0.15, -0.1) is 11.3 Å².